The Morgan fingerprint density at radius 2 is 2.24 bits per heavy atom. The van der Waals surface area contributed by atoms with Crippen LogP contribution in [0.25, 0.3) is 0 Å². The van der Waals surface area contributed by atoms with Crippen LogP contribution in [0.5, 0.6) is 11.6 Å². The Kier molecular flexibility index (Phi) is 3.67. The Morgan fingerprint density at radius 3 is 3.00 bits per heavy atom. The third kappa shape index (κ3) is 2.78. The molecular weight excluding hydrogens is 401 g/mol. The van der Waals surface area contributed by atoms with Gasteiger partial charge in [-0.25, -0.2) is 4.98 Å². The highest BCUT2D eigenvalue weighted by Gasteiger charge is 2.10. The van der Waals surface area contributed by atoms with E-state index in [2.05, 4.69) is 25.9 Å². The lowest BCUT2D eigenvalue weighted by atomic mass is 10.3. The van der Waals surface area contributed by atoms with Crippen molar-refractivity contribution in [1.29, 1.82) is 0 Å². The van der Waals surface area contributed by atoms with E-state index in [0.29, 0.717) is 15.0 Å². The molecule has 2 rings (SSSR count). The minimum Gasteiger partial charge on any atom is -0.436 e. The van der Waals surface area contributed by atoms with E-state index < -0.39 is 0 Å². The summed E-state index contributed by atoms with van der Waals surface area (Å²) in [5.41, 5.74) is 5.99. The number of rotatable bonds is 2. The number of nitrogens with one attached hydrogen (secondary N) is 1. The Labute approximate surface area is 119 Å². The molecule has 0 aliphatic heterocycles. The molecule has 0 saturated carbocycles. The number of nitrogens with two attached hydrogens (primary N) is 1. The highest BCUT2D eigenvalue weighted by atomic mass is 127. The van der Waals surface area contributed by atoms with Crippen molar-refractivity contribution in [2.75, 3.05) is 5.73 Å². The summed E-state index contributed by atoms with van der Waals surface area (Å²) in [5.74, 6) is 0.765. The standard InChI is InChI=1S/C10H7BrIN3O2/c11-6-2-1-5(13)3-7(6)17-10-8(12)9(16)14-4-15-10/h1-4H,13H2,(H,14,15,16). The van der Waals surface area contributed by atoms with Gasteiger partial charge in [0.1, 0.15) is 9.32 Å². The number of halogens is 2. The molecule has 0 spiro atoms. The molecule has 2 aromatic rings. The molecule has 0 atom stereocenters. The largest absolute Gasteiger partial charge is 0.436 e. The molecule has 0 amide bonds. The van der Waals surface area contributed by atoms with Gasteiger partial charge >= 0.3 is 0 Å². The van der Waals surface area contributed by atoms with E-state index in [1.165, 1.54) is 6.33 Å². The predicted octanol–water partition coefficient (Wildman–Crippen LogP) is 2.51. The SMILES string of the molecule is Nc1ccc(Br)c(Oc2nc[nH]c(=O)c2I)c1. The first-order valence-electron chi connectivity index (χ1n) is 4.54. The van der Waals surface area contributed by atoms with Crippen LogP contribution in [-0.2, 0) is 0 Å². The van der Waals surface area contributed by atoms with Crippen molar-refractivity contribution < 1.29 is 4.74 Å². The van der Waals surface area contributed by atoms with Gasteiger partial charge in [0.25, 0.3) is 5.56 Å². The highest BCUT2D eigenvalue weighted by Crippen LogP contribution is 2.31. The topological polar surface area (TPSA) is 81.0 Å². The minimum atomic E-state index is -0.240. The van der Waals surface area contributed by atoms with Crippen LogP contribution in [0.3, 0.4) is 0 Å². The molecular formula is C10H7BrIN3O2. The lowest BCUT2D eigenvalue weighted by Gasteiger charge is -2.08. The second kappa shape index (κ2) is 5.05. The summed E-state index contributed by atoms with van der Waals surface area (Å²) in [6.45, 7) is 0. The van der Waals surface area contributed by atoms with Crippen LogP contribution in [0.15, 0.2) is 33.8 Å². The number of nitrogens with zero attached hydrogens (tertiary/aromatic N) is 1. The van der Waals surface area contributed by atoms with Gasteiger partial charge in [-0.3, -0.25) is 4.79 Å². The predicted molar refractivity (Wildman–Crippen MR) is 76.2 cm³/mol. The quantitative estimate of drug-likeness (QED) is 0.592. The van der Waals surface area contributed by atoms with Crippen molar-refractivity contribution in [2.45, 2.75) is 0 Å². The summed E-state index contributed by atoms with van der Waals surface area (Å²) in [5, 5.41) is 0. The Bertz CT molecular complexity index is 615. The molecule has 0 bridgehead atoms. The molecule has 0 aliphatic rings. The Balaban J connectivity index is 2.41. The summed E-state index contributed by atoms with van der Waals surface area (Å²) >= 11 is 5.21. The molecule has 0 fully saturated rings. The fourth-order valence-corrected chi connectivity index (χ4v) is 1.87. The Morgan fingerprint density at radius 1 is 1.47 bits per heavy atom. The monoisotopic (exact) mass is 407 g/mol. The number of ether oxygens (including phenoxy) is 1. The minimum absolute atomic E-state index is 0.240. The van der Waals surface area contributed by atoms with E-state index in [1.807, 2.05) is 22.6 Å². The van der Waals surface area contributed by atoms with Gasteiger partial charge < -0.3 is 15.5 Å². The van der Waals surface area contributed by atoms with Gasteiger partial charge in [0, 0.05) is 11.8 Å². The lowest BCUT2D eigenvalue weighted by Crippen LogP contribution is -2.11. The van der Waals surface area contributed by atoms with Crippen LogP contribution >= 0.6 is 38.5 Å². The molecule has 0 saturated heterocycles. The van der Waals surface area contributed by atoms with Gasteiger partial charge in [-0.05, 0) is 50.7 Å². The maximum atomic E-state index is 11.4. The van der Waals surface area contributed by atoms with Gasteiger partial charge in [0.15, 0.2) is 0 Å². The second-order valence-electron chi connectivity index (χ2n) is 3.14. The summed E-state index contributed by atoms with van der Waals surface area (Å²) in [7, 11) is 0. The molecule has 0 aliphatic carbocycles. The molecule has 17 heavy (non-hydrogen) atoms. The van der Waals surface area contributed by atoms with E-state index in [-0.39, 0.29) is 11.4 Å². The van der Waals surface area contributed by atoms with Crippen molar-refractivity contribution in [2.24, 2.45) is 0 Å². The normalized spacial score (nSPS) is 10.2. The number of H-pyrrole nitrogens is 1. The molecule has 0 unspecified atom stereocenters. The fourth-order valence-electron chi connectivity index (χ4n) is 1.14. The zero-order chi connectivity index (χ0) is 12.4. The van der Waals surface area contributed by atoms with Crippen molar-refractivity contribution in [3.8, 4) is 11.6 Å². The highest BCUT2D eigenvalue weighted by molar-refractivity contribution is 14.1. The fraction of sp³-hybridized carbons (Fsp3) is 0. The van der Waals surface area contributed by atoms with Crippen molar-refractivity contribution in [1.82, 2.24) is 9.97 Å². The summed E-state index contributed by atoms with van der Waals surface area (Å²) in [6, 6.07) is 5.17. The van der Waals surface area contributed by atoms with Crippen LogP contribution in [0, 0.1) is 3.57 Å². The van der Waals surface area contributed by atoms with Crippen LogP contribution in [0.4, 0.5) is 5.69 Å². The molecule has 1 heterocycles. The smallest absolute Gasteiger partial charge is 0.268 e. The molecule has 3 N–H and O–H groups in total. The Hall–Kier alpha value is -1.09. The number of aromatic nitrogens is 2. The van der Waals surface area contributed by atoms with Gasteiger partial charge in [-0.1, -0.05) is 0 Å². The van der Waals surface area contributed by atoms with Crippen molar-refractivity contribution in [3.05, 3.63) is 42.9 Å². The van der Waals surface area contributed by atoms with Gasteiger partial charge in [-0.2, -0.15) is 0 Å². The van der Waals surface area contributed by atoms with Crippen molar-refractivity contribution in [3.63, 3.8) is 0 Å². The first-order chi connectivity index (χ1) is 8.08. The summed E-state index contributed by atoms with van der Waals surface area (Å²) in [4.78, 5) is 17.8. The van der Waals surface area contributed by atoms with Gasteiger partial charge in [0.05, 0.1) is 10.8 Å². The average Bonchev–Trinajstić information content (AvgIpc) is 2.30. The third-order valence-corrected chi connectivity index (χ3v) is 3.53. The van der Waals surface area contributed by atoms with Gasteiger partial charge in [0.2, 0.25) is 5.88 Å². The zero-order valence-corrected chi connectivity index (χ0v) is 12.1. The third-order valence-electron chi connectivity index (χ3n) is 1.93. The maximum absolute atomic E-state index is 11.4. The zero-order valence-electron chi connectivity index (χ0n) is 8.41. The second-order valence-corrected chi connectivity index (χ2v) is 5.08. The molecule has 1 aromatic carbocycles. The number of aromatic amines is 1. The maximum Gasteiger partial charge on any atom is 0.268 e. The van der Waals surface area contributed by atoms with Crippen LogP contribution in [0.1, 0.15) is 0 Å². The first-order valence-corrected chi connectivity index (χ1v) is 6.41. The van der Waals surface area contributed by atoms with Gasteiger partial charge in [-0.15, -0.1) is 0 Å². The van der Waals surface area contributed by atoms with E-state index in [9.17, 15) is 4.79 Å². The molecule has 0 radical (unpaired) electrons. The number of benzene rings is 1. The molecule has 7 heteroatoms. The molecule has 5 nitrogen and oxygen atoms in total. The van der Waals surface area contributed by atoms with Crippen LogP contribution in [-0.4, -0.2) is 9.97 Å². The molecule has 88 valence electrons. The van der Waals surface area contributed by atoms with E-state index in [0.717, 1.165) is 4.47 Å². The summed E-state index contributed by atoms with van der Waals surface area (Å²) in [6.07, 6.45) is 1.29. The van der Waals surface area contributed by atoms with Crippen molar-refractivity contribution >= 4 is 44.2 Å². The number of nitrogen functional groups attached to an aromatic ring is 1. The lowest BCUT2D eigenvalue weighted by molar-refractivity contribution is 0.454. The van der Waals surface area contributed by atoms with E-state index in [4.69, 9.17) is 10.5 Å². The molecule has 1 aromatic heterocycles. The van der Waals surface area contributed by atoms with E-state index >= 15 is 0 Å². The van der Waals surface area contributed by atoms with Crippen LogP contribution in [0.2, 0.25) is 0 Å². The number of hydrogen-bond donors (Lipinski definition) is 2. The number of hydrogen-bond acceptors (Lipinski definition) is 4. The first kappa shape index (κ1) is 12.4. The van der Waals surface area contributed by atoms with E-state index in [1.54, 1.807) is 18.2 Å². The average molecular weight is 408 g/mol. The van der Waals surface area contributed by atoms with Crippen LogP contribution < -0.4 is 16.0 Å². The number of anilines is 1. The summed E-state index contributed by atoms with van der Waals surface area (Å²) < 4.78 is 6.66.